The van der Waals surface area contributed by atoms with Gasteiger partial charge in [-0.2, -0.15) is 0 Å². The van der Waals surface area contributed by atoms with Crippen LogP contribution in [-0.2, 0) is 0 Å². The van der Waals surface area contributed by atoms with Crippen LogP contribution in [-0.4, -0.2) is 28.6 Å². The summed E-state index contributed by atoms with van der Waals surface area (Å²) in [6, 6.07) is 7.59. The number of carbonyl (C=O) groups is 1. The molecule has 2 aromatic rings. The minimum absolute atomic E-state index is 0.0209. The van der Waals surface area contributed by atoms with Crippen molar-refractivity contribution in [3.63, 3.8) is 0 Å². The summed E-state index contributed by atoms with van der Waals surface area (Å²) in [7, 11) is 0. The van der Waals surface area contributed by atoms with Crippen molar-refractivity contribution in [2.45, 2.75) is 26.8 Å². The van der Waals surface area contributed by atoms with Crippen LogP contribution in [0, 0.1) is 12.8 Å². The maximum Gasteiger partial charge on any atom is 0.253 e. The van der Waals surface area contributed by atoms with Gasteiger partial charge in [-0.15, -0.1) is 11.3 Å². The Labute approximate surface area is 128 Å². The Hall–Kier alpha value is -1.72. The summed E-state index contributed by atoms with van der Waals surface area (Å²) < 4.78 is 0. The topological polar surface area (TPSA) is 62.2 Å². The van der Waals surface area contributed by atoms with Crippen LogP contribution in [0.1, 0.15) is 29.9 Å². The number of hydrogen-bond donors (Lipinski definition) is 2. The Bertz CT molecular complexity index is 611. The van der Waals surface area contributed by atoms with E-state index in [9.17, 15) is 4.79 Å². The van der Waals surface area contributed by atoms with Crippen molar-refractivity contribution in [3.8, 4) is 10.6 Å². The van der Waals surface area contributed by atoms with Crippen LogP contribution in [0.25, 0.3) is 10.6 Å². The van der Waals surface area contributed by atoms with Gasteiger partial charge >= 0.3 is 0 Å². The number of aryl methyl sites for hydroxylation is 1. The fourth-order valence-corrected chi connectivity index (χ4v) is 2.64. The van der Waals surface area contributed by atoms with Gasteiger partial charge in [-0.1, -0.05) is 13.0 Å². The van der Waals surface area contributed by atoms with Crippen LogP contribution in [0.4, 0.5) is 0 Å². The maximum absolute atomic E-state index is 12.3. The zero-order valence-electron chi connectivity index (χ0n) is 12.5. The molecule has 2 N–H and O–H groups in total. The van der Waals surface area contributed by atoms with E-state index in [4.69, 9.17) is 5.11 Å². The third-order valence-corrected chi connectivity index (χ3v) is 4.50. The van der Waals surface area contributed by atoms with Gasteiger partial charge in [-0.25, -0.2) is 0 Å². The summed E-state index contributed by atoms with van der Waals surface area (Å²) in [4.78, 5) is 17.9. The molecular formula is C16H20N2O2S. The van der Waals surface area contributed by atoms with Crippen molar-refractivity contribution in [3.05, 3.63) is 40.9 Å². The molecule has 0 saturated heterocycles. The Morgan fingerprint density at radius 1 is 1.38 bits per heavy atom. The van der Waals surface area contributed by atoms with E-state index in [1.807, 2.05) is 50.4 Å². The molecule has 112 valence electrons. The van der Waals surface area contributed by atoms with E-state index in [0.717, 1.165) is 10.6 Å². The van der Waals surface area contributed by atoms with Crippen molar-refractivity contribution < 1.29 is 9.90 Å². The molecule has 1 amide bonds. The minimum atomic E-state index is -0.148. The first-order valence-electron chi connectivity index (χ1n) is 6.96. The molecule has 0 radical (unpaired) electrons. The second-order valence-electron chi connectivity index (χ2n) is 5.23. The molecule has 0 aliphatic carbocycles. The first-order valence-corrected chi connectivity index (χ1v) is 7.84. The molecule has 0 saturated carbocycles. The molecule has 0 bridgehead atoms. The van der Waals surface area contributed by atoms with Gasteiger partial charge in [0.1, 0.15) is 0 Å². The fraction of sp³-hybridized carbons (Fsp3) is 0.375. The molecule has 0 spiro atoms. The van der Waals surface area contributed by atoms with Gasteiger partial charge in [0.25, 0.3) is 5.91 Å². The lowest BCUT2D eigenvalue weighted by Crippen LogP contribution is -2.38. The highest BCUT2D eigenvalue weighted by atomic mass is 32.1. The van der Waals surface area contributed by atoms with Crippen molar-refractivity contribution in [1.29, 1.82) is 0 Å². The molecule has 2 heterocycles. The zero-order chi connectivity index (χ0) is 15.4. The second kappa shape index (κ2) is 6.83. The molecule has 2 atom stereocenters. The Balaban J connectivity index is 2.15. The van der Waals surface area contributed by atoms with Gasteiger partial charge in [0.2, 0.25) is 0 Å². The van der Waals surface area contributed by atoms with Gasteiger partial charge in [-0.3, -0.25) is 9.78 Å². The van der Waals surface area contributed by atoms with E-state index in [-0.39, 0.29) is 24.5 Å². The van der Waals surface area contributed by atoms with Crippen LogP contribution in [0.3, 0.4) is 0 Å². The van der Waals surface area contributed by atoms with Crippen molar-refractivity contribution in [2.24, 2.45) is 5.92 Å². The molecule has 0 aliphatic rings. The molecule has 0 fully saturated rings. The van der Waals surface area contributed by atoms with Crippen molar-refractivity contribution >= 4 is 17.2 Å². The Kier molecular flexibility index (Phi) is 5.09. The number of thiophene rings is 1. The smallest absolute Gasteiger partial charge is 0.253 e. The number of amides is 1. The minimum Gasteiger partial charge on any atom is -0.396 e. The van der Waals surface area contributed by atoms with E-state index in [1.165, 1.54) is 0 Å². The molecule has 5 heteroatoms. The standard InChI is InChI=1S/C16H20N2O2S/c1-10(9-19)11(2)18-16(20)13-6-7-14(17-12(13)3)15-5-4-8-21-15/h4-8,10-11,19H,9H2,1-3H3,(H,18,20). The van der Waals surface area contributed by atoms with E-state index in [1.54, 1.807) is 11.3 Å². The van der Waals surface area contributed by atoms with Crippen LogP contribution in [0.2, 0.25) is 0 Å². The molecule has 2 aromatic heterocycles. The first kappa shape index (κ1) is 15.7. The fourth-order valence-electron chi connectivity index (χ4n) is 1.95. The first-order chi connectivity index (χ1) is 10.0. The average Bonchev–Trinajstić information content (AvgIpc) is 3.00. The number of rotatable bonds is 5. The molecule has 0 aromatic carbocycles. The summed E-state index contributed by atoms with van der Waals surface area (Å²) in [5.41, 5.74) is 2.17. The second-order valence-corrected chi connectivity index (χ2v) is 6.18. The van der Waals surface area contributed by atoms with Gasteiger partial charge in [0.15, 0.2) is 0 Å². The predicted molar refractivity (Wildman–Crippen MR) is 85.5 cm³/mol. The highest BCUT2D eigenvalue weighted by Crippen LogP contribution is 2.23. The number of aromatic nitrogens is 1. The van der Waals surface area contributed by atoms with E-state index < -0.39 is 0 Å². The van der Waals surface area contributed by atoms with Crippen LogP contribution >= 0.6 is 11.3 Å². The van der Waals surface area contributed by atoms with Crippen LogP contribution in [0.5, 0.6) is 0 Å². The molecule has 21 heavy (non-hydrogen) atoms. The normalized spacial score (nSPS) is 13.7. The van der Waals surface area contributed by atoms with Gasteiger partial charge < -0.3 is 10.4 Å². The van der Waals surface area contributed by atoms with Crippen LogP contribution < -0.4 is 5.32 Å². The number of carbonyl (C=O) groups excluding carboxylic acids is 1. The molecule has 0 aliphatic heterocycles. The largest absolute Gasteiger partial charge is 0.396 e. The van der Waals surface area contributed by atoms with E-state index in [0.29, 0.717) is 11.3 Å². The molecule has 2 rings (SSSR count). The Morgan fingerprint density at radius 2 is 2.14 bits per heavy atom. The lowest BCUT2D eigenvalue weighted by molar-refractivity contribution is 0.0915. The van der Waals surface area contributed by atoms with Crippen LogP contribution in [0.15, 0.2) is 29.6 Å². The van der Waals surface area contributed by atoms with E-state index >= 15 is 0 Å². The summed E-state index contributed by atoms with van der Waals surface area (Å²) in [6.45, 7) is 5.68. The van der Waals surface area contributed by atoms with E-state index in [2.05, 4.69) is 10.3 Å². The number of aliphatic hydroxyl groups excluding tert-OH is 1. The summed E-state index contributed by atoms with van der Waals surface area (Å²) >= 11 is 1.63. The summed E-state index contributed by atoms with van der Waals surface area (Å²) in [5.74, 6) is -0.127. The number of pyridine rings is 1. The van der Waals surface area contributed by atoms with Gasteiger partial charge in [-0.05, 0) is 43.3 Å². The third-order valence-electron chi connectivity index (χ3n) is 3.60. The SMILES string of the molecule is Cc1nc(-c2cccs2)ccc1C(=O)NC(C)C(C)CO. The number of nitrogens with zero attached hydrogens (tertiary/aromatic N) is 1. The Morgan fingerprint density at radius 3 is 2.71 bits per heavy atom. The number of aliphatic hydroxyl groups is 1. The lowest BCUT2D eigenvalue weighted by Gasteiger charge is -2.19. The van der Waals surface area contributed by atoms with Gasteiger partial charge in [0, 0.05) is 12.6 Å². The quantitative estimate of drug-likeness (QED) is 0.893. The number of hydrogen-bond acceptors (Lipinski definition) is 4. The molecule has 2 unspecified atom stereocenters. The van der Waals surface area contributed by atoms with Crippen molar-refractivity contribution in [2.75, 3.05) is 6.61 Å². The average molecular weight is 304 g/mol. The predicted octanol–water partition coefficient (Wildman–Crippen LogP) is 2.87. The molecular weight excluding hydrogens is 284 g/mol. The molecule has 4 nitrogen and oxygen atoms in total. The lowest BCUT2D eigenvalue weighted by atomic mass is 10.0. The highest BCUT2D eigenvalue weighted by Gasteiger charge is 2.17. The third kappa shape index (κ3) is 3.68. The van der Waals surface area contributed by atoms with Gasteiger partial charge in [0.05, 0.1) is 21.8 Å². The van der Waals surface area contributed by atoms with Crippen molar-refractivity contribution in [1.82, 2.24) is 10.3 Å². The summed E-state index contributed by atoms with van der Waals surface area (Å²) in [6.07, 6.45) is 0. The number of nitrogens with one attached hydrogen (secondary N) is 1. The zero-order valence-corrected chi connectivity index (χ0v) is 13.3. The maximum atomic E-state index is 12.3. The highest BCUT2D eigenvalue weighted by molar-refractivity contribution is 7.13. The monoisotopic (exact) mass is 304 g/mol. The summed E-state index contributed by atoms with van der Waals surface area (Å²) in [5, 5.41) is 14.0.